The molecule has 0 fully saturated rings. The Hall–Kier alpha value is -3.48. The molecule has 63 heavy (non-hydrogen) atoms. The molecule has 0 aromatic rings. The molecule has 0 aromatic carbocycles. The zero-order valence-corrected chi connectivity index (χ0v) is 40.7. The maximum Gasteiger partial charge on any atom is 0.306 e. The van der Waals surface area contributed by atoms with Gasteiger partial charge in [-0.05, 0) is 57.8 Å². The summed E-state index contributed by atoms with van der Waals surface area (Å²) in [6, 6.07) is -0.753. The molecule has 6 nitrogen and oxygen atoms in total. The number of aliphatic hydroxyl groups is 2. The van der Waals surface area contributed by atoms with Crippen molar-refractivity contribution in [3.8, 4) is 0 Å². The molecule has 0 aliphatic carbocycles. The Morgan fingerprint density at radius 2 is 0.952 bits per heavy atom. The normalized spacial score (nSPS) is 14.2. The molecule has 1 amide bonds. The number of aliphatic hydroxyl groups excluding tert-OH is 2. The van der Waals surface area contributed by atoms with Crippen molar-refractivity contribution < 1.29 is 24.5 Å². The van der Waals surface area contributed by atoms with Crippen molar-refractivity contribution in [1.29, 1.82) is 0 Å². The molecule has 0 saturated carbocycles. The van der Waals surface area contributed by atoms with Crippen molar-refractivity contribution in [3.63, 3.8) is 0 Å². The van der Waals surface area contributed by atoms with E-state index in [1.807, 2.05) is 54.7 Å². The first-order chi connectivity index (χ1) is 31.0. The summed E-state index contributed by atoms with van der Waals surface area (Å²) in [5.41, 5.74) is 0. The highest BCUT2D eigenvalue weighted by atomic mass is 16.5. The lowest BCUT2D eigenvalue weighted by atomic mass is 10.0. The van der Waals surface area contributed by atoms with E-state index < -0.39 is 18.2 Å². The van der Waals surface area contributed by atoms with Crippen LogP contribution < -0.4 is 5.32 Å². The Kier molecular flexibility index (Phi) is 46.8. The molecule has 0 rings (SSSR count). The summed E-state index contributed by atoms with van der Waals surface area (Å²) < 4.78 is 5.82. The number of hydrogen-bond acceptors (Lipinski definition) is 5. The maximum atomic E-state index is 13.2. The molecular formula is C57H95NO5. The van der Waals surface area contributed by atoms with Crippen LogP contribution in [0.1, 0.15) is 213 Å². The van der Waals surface area contributed by atoms with Gasteiger partial charge in [-0.25, -0.2) is 0 Å². The Labute approximate surface area is 388 Å². The number of unbranched alkanes of at least 4 members (excludes halogenated alkanes) is 19. The molecule has 3 atom stereocenters. The fourth-order valence-corrected chi connectivity index (χ4v) is 7.15. The second kappa shape index (κ2) is 49.5. The van der Waals surface area contributed by atoms with Crippen LogP contribution in [0.4, 0.5) is 0 Å². The standard InChI is InChI=1S/C57H95NO5/c1-4-7-10-13-16-19-22-24-26-28-29-31-34-37-40-43-46-49-55(60)54(52-59)58-56(61)51-53(48-45-42-39-36-33-21-18-15-12-9-6-3)63-57(62)50-47-44-41-38-35-32-30-27-25-23-20-17-14-11-8-5-2/h8-9,11-12,15,17-18,20-21,25,27,32-33,35-36,39,42,45,53-55,59-60H,4-7,10,13-14,16,19,22-24,26,28-31,34,37-38,40-41,43-44,46-52H2,1-3H3,(H,58,61)/b11-8+,12-9+,18-15+,20-17+,27-25+,33-21-,35-32+,39-36-,45-42+. The number of nitrogens with one attached hydrogen (secondary N) is 1. The van der Waals surface area contributed by atoms with E-state index in [0.717, 1.165) is 77.0 Å². The predicted octanol–water partition coefficient (Wildman–Crippen LogP) is 15.5. The number of allylic oxidation sites excluding steroid dienone is 17. The highest BCUT2D eigenvalue weighted by molar-refractivity contribution is 5.77. The zero-order chi connectivity index (χ0) is 45.9. The first-order valence-corrected chi connectivity index (χ1v) is 25.7. The minimum atomic E-state index is -0.830. The van der Waals surface area contributed by atoms with Crippen molar-refractivity contribution in [3.05, 3.63) is 109 Å². The van der Waals surface area contributed by atoms with Gasteiger partial charge >= 0.3 is 5.97 Å². The van der Waals surface area contributed by atoms with Crippen LogP contribution in [0.3, 0.4) is 0 Å². The smallest absolute Gasteiger partial charge is 0.306 e. The molecular weight excluding hydrogens is 779 g/mol. The molecule has 3 N–H and O–H groups in total. The van der Waals surface area contributed by atoms with Gasteiger partial charge in [-0.1, -0.05) is 246 Å². The second-order valence-electron chi connectivity index (χ2n) is 16.9. The van der Waals surface area contributed by atoms with E-state index in [4.69, 9.17) is 4.74 Å². The predicted molar refractivity (Wildman–Crippen MR) is 273 cm³/mol. The summed E-state index contributed by atoms with van der Waals surface area (Å²) in [5.74, 6) is -0.653. The topological polar surface area (TPSA) is 95.9 Å². The number of carbonyl (C=O) groups excluding carboxylic acids is 2. The average molecular weight is 874 g/mol. The minimum Gasteiger partial charge on any atom is -0.461 e. The fraction of sp³-hybridized carbons (Fsp3) is 0.649. The van der Waals surface area contributed by atoms with Crippen molar-refractivity contribution in [1.82, 2.24) is 5.32 Å². The monoisotopic (exact) mass is 874 g/mol. The third-order valence-electron chi connectivity index (χ3n) is 11.0. The molecule has 358 valence electrons. The molecule has 0 radical (unpaired) electrons. The van der Waals surface area contributed by atoms with Gasteiger partial charge in [0.1, 0.15) is 6.10 Å². The summed E-state index contributed by atoms with van der Waals surface area (Å²) in [6.07, 6.45) is 67.5. The molecule has 0 aliphatic heterocycles. The van der Waals surface area contributed by atoms with Crippen LogP contribution >= 0.6 is 0 Å². The van der Waals surface area contributed by atoms with E-state index >= 15 is 0 Å². The number of ether oxygens (including phenoxy) is 1. The van der Waals surface area contributed by atoms with E-state index in [0.29, 0.717) is 19.3 Å². The van der Waals surface area contributed by atoms with E-state index in [1.54, 1.807) is 0 Å². The Bertz CT molecular complexity index is 1300. The van der Waals surface area contributed by atoms with Gasteiger partial charge in [-0.15, -0.1) is 0 Å². The van der Waals surface area contributed by atoms with Crippen LogP contribution in [0.15, 0.2) is 109 Å². The molecule has 0 heterocycles. The van der Waals surface area contributed by atoms with Crippen molar-refractivity contribution in [2.24, 2.45) is 0 Å². The first kappa shape index (κ1) is 59.5. The van der Waals surface area contributed by atoms with Gasteiger partial charge in [0, 0.05) is 12.8 Å². The van der Waals surface area contributed by atoms with Crippen LogP contribution in [0.2, 0.25) is 0 Å². The van der Waals surface area contributed by atoms with Crippen LogP contribution in [-0.2, 0) is 14.3 Å². The summed E-state index contributed by atoms with van der Waals surface area (Å²) in [6.45, 7) is 6.17. The molecule has 0 aliphatic rings. The first-order valence-electron chi connectivity index (χ1n) is 25.7. The van der Waals surface area contributed by atoms with E-state index in [-0.39, 0.29) is 24.9 Å². The second-order valence-corrected chi connectivity index (χ2v) is 16.9. The number of esters is 1. The number of rotatable bonds is 44. The van der Waals surface area contributed by atoms with E-state index in [1.165, 1.54) is 89.9 Å². The van der Waals surface area contributed by atoms with Gasteiger partial charge in [0.05, 0.1) is 25.2 Å². The molecule has 0 bridgehead atoms. The molecule has 0 aromatic heterocycles. The summed E-state index contributed by atoms with van der Waals surface area (Å²) >= 11 is 0. The molecule has 0 saturated heterocycles. The largest absolute Gasteiger partial charge is 0.461 e. The van der Waals surface area contributed by atoms with Gasteiger partial charge in [0.15, 0.2) is 0 Å². The van der Waals surface area contributed by atoms with Gasteiger partial charge < -0.3 is 20.3 Å². The number of amides is 1. The van der Waals surface area contributed by atoms with Crippen LogP contribution in [0.25, 0.3) is 0 Å². The lowest BCUT2D eigenvalue weighted by Gasteiger charge is -2.24. The summed E-state index contributed by atoms with van der Waals surface area (Å²) in [4.78, 5) is 26.0. The number of carbonyl (C=O) groups is 2. The van der Waals surface area contributed by atoms with Gasteiger partial charge in [-0.2, -0.15) is 0 Å². The maximum absolute atomic E-state index is 13.2. The van der Waals surface area contributed by atoms with E-state index in [2.05, 4.69) is 80.8 Å². The summed E-state index contributed by atoms with van der Waals surface area (Å²) in [7, 11) is 0. The van der Waals surface area contributed by atoms with Gasteiger partial charge in [0.25, 0.3) is 0 Å². The minimum absolute atomic E-state index is 0.0378. The van der Waals surface area contributed by atoms with Crippen molar-refractivity contribution in [2.75, 3.05) is 6.61 Å². The Balaban J connectivity index is 4.66. The quantitative estimate of drug-likeness (QED) is 0.0245. The van der Waals surface area contributed by atoms with Gasteiger partial charge in [0.2, 0.25) is 5.91 Å². The SMILES string of the molecule is CC/C=C/C=C/C=C\C=C/C=C/CC(CC(=O)NC(CO)C(O)CCCCCCCCCCCCCCCCCCC)OC(=O)CCCCC/C=C/C/C=C/C/C=C/C/C=C/CC. The third kappa shape index (κ3) is 44.9. The third-order valence-corrected chi connectivity index (χ3v) is 11.0. The summed E-state index contributed by atoms with van der Waals surface area (Å²) in [5, 5.41) is 23.7. The van der Waals surface area contributed by atoms with Crippen LogP contribution in [0, 0.1) is 0 Å². The van der Waals surface area contributed by atoms with Crippen molar-refractivity contribution in [2.45, 2.75) is 232 Å². The highest BCUT2D eigenvalue weighted by Gasteiger charge is 2.23. The van der Waals surface area contributed by atoms with Crippen LogP contribution in [-0.4, -0.2) is 46.9 Å². The average Bonchev–Trinajstić information content (AvgIpc) is 3.28. The fourth-order valence-electron chi connectivity index (χ4n) is 7.15. The van der Waals surface area contributed by atoms with Gasteiger partial charge in [-0.3, -0.25) is 9.59 Å². The lowest BCUT2D eigenvalue weighted by Crippen LogP contribution is -2.46. The Morgan fingerprint density at radius 3 is 1.46 bits per heavy atom. The zero-order valence-electron chi connectivity index (χ0n) is 40.7. The molecule has 6 heteroatoms. The molecule has 3 unspecified atom stereocenters. The molecule has 0 spiro atoms. The van der Waals surface area contributed by atoms with Crippen LogP contribution in [0.5, 0.6) is 0 Å². The number of hydrogen-bond donors (Lipinski definition) is 3. The lowest BCUT2D eigenvalue weighted by molar-refractivity contribution is -0.150. The van der Waals surface area contributed by atoms with E-state index in [9.17, 15) is 19.8 Å². The Morgan fingerprint density at radius 1 is 0.508 bits per heavy atom. The van der Waals surface area contributed by atoms with Crippen molar-refractivity contribution >= 4 is 11.9 Å². The highest BCUT2D eigenvalue weighted by Crippen LogP contribution is 2.16.